The molecule has 0 saturated carbocycles. The van der Waals surface area contributed by atoms with E-state index in [1.54, 1.807) is 0 Å². The zero-order valence-electron chi connectivity index (χ0n) is 10.8. The SMILES string of the molecule is C=C(O)OCCCCCCCCCCCC. The van der Waals surface area contributed by atoms with E-state index >= 15 is 0 Å². The maximum Gasteiger partial charge on any atom is 0.268 e. The minimum Gasteiger partial charge on any atom is -0.481 e. The van der Waals surface area contributed by atoms with Crippen LogP contribution in [-0.2, 0) is 4.74 Å². The minimum atomic E-state index is -0.157. The lowest BCUT2D eigenvalue weighted by Crippen LogP contribution is -1.93. The molecule has 2 heteroatoms. The number of hydrogen-bond donors (Lipinski definition) is 1. The van der Waals surface area contributed by atoms with Crippen LogP contribution in [0.2, 0.25) is 0 Å². The quantitative estimate of drug-likeness (QED) is 0.378. The summed E-state index contributed by atoms with van der Waals surface area (Å²) < 4.78 is 4.87. The highest BCUT2D eigenvalue weighted by Crippen LogP contribution is 2.10. The molecule has 0 fully saturated rings. The minimum absolute atomic E-state index is 0.157. The molecule has 0 atom stereocenters. The lowest BCUT2D eigenvalue weighted by molar-refractivity contribution is 0.0926. The zero-order valence-corrected chi connectivity index (χ0v) is 10.8. The molecule has 1 N–H and O–H groups in total. The Kier molecular flexibility index (Phi) is 11.9. The van der Waals surface area contributed by atoms with Crippen molar-refractivity contribution in [2.24, 2.45) is 0 Å². The first-order valence-corrected chi connectivity index (χ1v) is 6.78. The highest BCUT2D eigenvalue weighted by atomic mass is 16.6. The lowest BCUT2D eigenvalue weighted by atomic mass is 10.1. The van der Waals surface area contributed by atoms with Crippen LogP contribution in [0.5, 0.6) is 0 Å². The fraction of sp³-hybridized carbons (Fsp3) is 0.857. The van der Waals surface area contributed by atoms with Gasteiger partial charge in [-0.2, -0.15) is 0 Å². The molecule has 0 aromatic heterocycles. The molecule has 0 radical (unpaired) electrons. The van der Waals surface area contributed by atoms with Gasteiger partial charge in [0, 0.05) is 0 Å². The summed E-state index contributed by atoms with van der Waals surface area (Å²) >= 11 is 0. The molecule has 0 spiro atoms. The first-order chi connectivity index (χ1) is 7.77. The molecule has 0 aliphatic carbocycles. The molecule has 0 aliphatic heterocycles. The Morgan fingerprint density at radius 2 is 1.31 bits per heavy atom. The molecule has 0 aromatic rings. The molecule has 0 bridgehead atoms. The van der Waals surface area contributed by atoms with Crippen LogP contribution in [0, 0.1) is 0 Å². The van der Waals surface area contributed by atoms with E-state index in [1.165, 1.54) is 57.8 Å². The largest absolute Gasteiger partial charge is 0.481 e. The Bertz CT molecular complexity index is 155. The van der Waals surface area contributed by atoms with Gasteiger partial charge in [0.2, 0.25) is 0 Å². The van der Waals surface area contributed by atoms with Crippen molar-refractivity contribution in [3.8, 4) is 0 Å². The third-order valence-corrected chi connectivity index (χ3v) is 2.77. The molecule has 0 aromatic carbocycles. The predicted octanol–water partition coefficient (Wildman–Crippen LogP) is 4.95. The number of ether oxygens (including phenoxy) is 1. The molecular formula is C14H28O2. The first-order valence-electron chi connectivity index (χ1n) is 6.78. The molecular weight excluding hydrogens is 200 g/mol. The van der Waals surface area contributed by atoms with Gasteiger partial charge in [-0.3, -0.25) is 0 Å². The van der Waals surface area contributed by atoms with Crippen LogP contribution in [0.25, 0.3) is 0 Å². The van der Waals surface area contributed by atoms with Crippen LogP contribution in [0.4, 0.5) is 0 Å². The van der Waals surface area contributed by atoms with Crippen molar-refractivity contribution in [2.75, 3.05) is 6.61 Å². The number of rotatable bonds is 12. The molecule has 16 heavy (non-hydrogen) atoms. The second-order valence-electron chi connectivity index (χ2n) is 4.42. The average molecular weight is 228 g/mol. The summed E-state index contributed by atoms with van der Waals surface area (Å²) in [6.07, 6.45) is 13.1. The highest BCUT2D eigenvalue weighted by molar-refractivity contribution is 4.61. The lowest BCUT2D eigenvalue weighted by Gasteiger charge is -2.03. The van der Waals surface area contributed by atoms with Crippen molar-refractivity contribution in [3.63, 3.8) is 0 Å². The number of hydrogen-bond acceptors (Lipinski definition) is 2. The summed E-state index contributed by atoms with van der Waals surface area (Å²) in [7, 11) is 0. The van der Waals surface area contributed by atoms with Crippen LogP contribution in [0.15, 0.2) is 12.5 Å². The molecule has 0 saturated heterocycles. The van der Waals surface area contributed by atoms with E-state index in [0.717, 1.165) is 6.42 Å². The van der Waals surface area contributed by atoms with Crippen molar-refractivity contribution < 1.29 is 9.84 Å². The standard InChI is InChI=1S/C14H28O2/c1-3-4-5-6-7-8-9-10-11-12-13-16-14(2)15/h15H,2-13H2,1H3. The smallest absolute Gasteiger partial charge is 0.268 e. The Hall–Kier alpha value is -0.660. The van der Waals surface area contributed by atoms with E-state index in [4.69, 9.17) is 9.84 Å². The summed E-state index contributed by atoms with van der Waals surface area (Å²) in [6, 6.07) is 0. The summed E-state index contributed by atoms with van der Waals surface area (Å²) in [5.74, 6) is -0.157. The van der Waals surface area contributed by atoms with Crippen molar-refractivity contribution >= 4 is 0 Å². The Labute approximate surface area is 101 Å². The molecule has 0 rings (SSSR count). The van der Waals surface area contributed by atoms with E-state index in [-0.39, 0.29) is 5.95 Å². The van der Waals surface area contributed by atoms with E-state index < -0.39 is 0 Å². The van der Waals surface area contributed by atoms with Crippen LogP contribution in [-0.4, -0.2) is 11.7 Å². The van der Waals surface area contributed by atoms with Crippen molar-refractivity contribution in [1.82, 2.24) is 0 Å². The van der Waals surface area contributed by atoms with Crippen LogP contribution in [0.3, 0.4) is 0 Å². The highest BCUT2D eigenvalue weighted by Gasteiger charge is 1.93. The van der Waals surface area contributed by atoms with Gasteiger partial charge in [0.1, 0.15) is 0 Å². The van der Waals surface area contributed by atoms with Crippen LogP contribution >= 0.6 is 0 Å². The van der Waals surface area contributed by atoms with E-state index in [9.17, 15) is 0 Å². The molecule has 0 aliphatic rings. The molecule has 0 unspecified atom stereocenters. The number of aliphatic hydroxyl groups is 1. The second-order valence-corrected chi connectivity index (χ2v) is 4.42. The maximum atomic E-state index is 8.68. The third kappa shape index (κ3) is 13.3. The number of unbranched alkanes of at least 4 members (excludes halogenated alkanes) is 9. The van der Waals surface area contributed by atoms with Gasteiger partial charge >= 0.3 is 0 Å². The normalized spacial score (nSPS) is 10.3. The second kappa shape index (κ2) is 12.4. The van der Waals surface area contributed by atoms with Crippen molar-refractivity contribution in [2.45, 2.75) is 71.1 Å². The van der Waals surface area contributed by atoms with Gasteiger partial charge in [0.15, 0.2) is 0 Å². The topological polar surface area (TPSA) is 29.5 Å². The van der Waals surface area contributed by atoms with Gasteiger partial charge in [-0.25, -0.2) is 0 Å². The van der Waals surface area contributed by atoms with Gasteiger partial charge in [-0.05, 0) is 13.0 Å². The Balaban J connectivity index is 2.90. The van der Waals surface area contributed by atoms with Crippen LogP contribution in [0.1, 0.15) is 71.1 Å². The van der Waals surface area contributed by atoms with Gasteiger partial charge in [0.05, 0.1) is 6.61 Å². The van der Waals surface area contributed by atoms with E-state index in [0.29, 0.717) is 6.61 Å². The monoisotopic (exact) mass is 228 g/mol. The third-order valence-electron chi connectivity index (χ3n) is 2.77. The molecule has 0 amide bonds. The van der Waals surface area contributed by atoms with Gasteiger partial charge in [-0.15, -0.1) is 0 Å². The van der Waals surface area contributed by atoms with Crippen LogP contribution < -0.4 is 0 Å². The molecule has 0 heterocycles. The zero-order chi connectivity index (χ0) is 12.1. The maximum absolute atomic E-state index is 8.68. The average Bonchev–Trinajstić information content (AvgIpc) is 2.25. The predicted molar refractivity (Wildman–Crippen MR) is 69.6 cm³/mol. The van der Waals surface area contributed by atoms with E-state index in [2.05, 4.69) is 13.5 Å². The molecule has 96 valence electrons. The summed E-state index contributed by atoms with van der Waals surface area (Å²) in [5, 5.41) is 8.68. The van der Waals surface area contributed by atoms with Gasteiger partial charge in [0.25, 0.3) is 5.95 Å². The first kappa shape index (κ1) is 15.3. The van der Waals surface area contributed by atoms with Gasteiger partial charge in [-0.1, -0.05) is 64.7 Å². The van der Waals surface area contributed by atoms with Crippen molar-refractivity contribution in [3.05, 3.63) is 12.5 Å². The fourth-order valence-electron chi connectivity index (χ4n) is 1.78. The van der Waals surface area contributed by atoms with Gasteiger partial charge < -0.3 is 9.84 Å². The summed E-state index contributed by atoms with van der Waals surface area (Å²) in [5.41, 5.74) is 0. The van der Waals surface area contributed by atoms with E-state index in [1.807, 2.05) is 0 Å². The molecule has 2 nitrogen and oxygen atoms in total. The fourth-order valence-corrected chi connectivity index (χ4v) is 1.78. The number of aliphatic hydroxyl groups excluding tert-OH is 1. The van der Waals surface area contributed by atoms with Crippen molar-refractivity contribution in [1.29, 1.82) is 0 Å². The summed E-state index contributed by atoms with van der Waals surface area (Å²) in [4.78, 5) is 0. The Morgan fingerprint density at radius 1 is 0.875 bits per heavy atom. The summed E-state index contributed by atoms with van der Waals surface area (Å²) in [6.45, 7) is 6.13. The Morgan fingerprint density at radius 3 is 1.75 bits per heavy atom.